The fourth-order valence-corrected chi connectivity index (χ4v) is 1.95. The molecule has 0 aliphatic rings. The standard InChI is InChI=1S/C14H15N3O2/c1-9(14(15)19)10-4-3-5-11(6-10)13-7-12(8-18)16-17(13)2/h3-9H,1-2H3,(H2,15,19). The number of aldehydes is 1. The molecule has 5 nitrogen and oxygen atoms in total. The molecule has 5 heteroatoms. The SMILES string of the molecule is CC(C(N)=O)c1cccc(-c2cc(C=O)nn2C)c1. The van der Waals surface area contributed by atoms with Gasteiger partial charge in [0, 0.05) is 12.6 Å². The predicted molar refractivity (Wildman–Crippen MR) is 71.6 cm³/mol. The first-order chi connectivity index (χ1) is 9.02. The van der Waals surface area contributed by atoms with Gasteiger partial charge in [-0.05, 0) is 24.6 Å². The van der Waals surface area contributed by atoms with Crippen LogP contribution in [0.3, 0.4) is 0 Å². The summed E-state index contributed by atoms with van der Waals surface area (Å²) in [5.74, 6) is -0.713. The summed E-state index contributed by atoms with van der Waals surface area (Å²) in [6, 6.07) is 9.22. The predicted octanol–water partition coefficient (Wildman–Crippen LogP) is 1.49. The second kappa shape index (κ2) is 5.06. The van der Waals surface area contributed by atoms with Crippen molar-refractivity contribution in [2.24, 2.45) is 12.8 Å². The number of nitrogens with zero attached hydrogens (tertiary/aromatic N) is 2. The molecule has 2 aromatic rings. The van der Waals surface area contributed by atoms with Gasteiger partial charge in [0.05, 0.1) is 11.6 Å². The van der Waals surface area contributed by atoms with Crippen molar-refractivity contribution in [1.82, 2.24) is 9.78 Å². The molecule has 0 radical (unpaired) electrons. The molecule has 0 aliphatic heterocycles. The number of hydrogen-bond donors (Lipinski definition) is 1. The molecule has 0 saturated carbocycles. The number of aryl methyl sites for hydroxylation is 1. The van der Waals surface area contributed by atoms with E-state index in [-0.39, 0.29) is 11.8 Å². The fourth-order valence-electron chi connectivity index (χ4n) is 1.95. The highest BCUT2D eigenvalue weighted by molar-refractivity contribution is 5.82. The normalized spacial score (nSPS) is 12.1. The zero-order valence-corrected chi connectivity index (χ0v) is 10.8. The summed E-state index contributed by atoms with van der Waals surface area (Å²) in [4.78, 5) is 22.0. The van der Waals surface area contributed by atoms with Crippen LogP contribution >= 0.6 is 0 Å². The first-order valence-electron chi connectivity index (χ1n) is 5.92. The van der Waals surface area contributed by atoms with Gasteiger partial charge in [-0.15, -0.1) is 0 Å². The number of benzene rings is 1. The minimum Gasteiger partial charge on any atom is -0.369 e. The van der Waals surface area contributed by atoms with Crippen molar-refractivity contribution in [2.45, 2.75) is 12.8 Å². The van der Waals surface area contributed by atoms with Crippen LogP contribution in [0, 0.1) is 0 Å². The number of hydrogen-bond acceptors (Lipinski definition) is 3. The lowest BCUT2D eigenvalue weighted by atomic mass is 9.97. The van der Waals surface area contributed by atoms with Crippen LogP contribution in [0.15, 0.2) is 30.3 Å². The second-order valence-corrected chi connectivity index (χ2v) is 4.45. The lowest BCUT2D eigenvalue weighted by molar-refractivity contribution is -0.119. The van der Waals surface area contributed by atoms with Gasteiger partial charge >= 0.3 is 0 Å². The molecule has 2 rings (SSSR count). The van der Waals surface area contributed by atoms with Gasteiger partial charge in [-0.3, -0.25) is 14.3 Å². The number of carbonyl (C=O) groups excluding carboxylic acids is 2. The molecule has 0 saturated heterocycles. The van der Waals surface area contributed by atoms with E-state index in [1.54, 1.807) is 24.7 Å². The number of primary amides is 1. The van der Waals surface area contributed by atoms with Crippen LogP contribution < -0.4 is 5.73 Å². The Bertz CT molecular complexity index is 631. The van der Waals surface area contributed by atoms with E-state index < -0.39 is 0 Å². The van der Waals surface area contributed by atoms with E-state index in [1.165, 1.54) is 0 Å². The van der Waals surface area contributed by atoms with Crippen molar-refractivity contribution in [3.63, 3.8) is 0 Å². The molecule has 1 heterocycles. The molecule has 1 amide bonds. The Kier molecular flexibility index (Phi) is 3.46. The van der Waals surface area contributed by atoms with Crippen LogP contribution in [0.5, 0.6) is 0 Å². The lowest BCUT2D eigenvalue weighted by Gasteiger charge is -2.09. The van der Waals surface area contributed by atoms with E-state index in [0.29, 0.717) is 12.0 Å². The summed E-state index contributed by atoms with van der Waals surface area (Å²) in [6.07, 6.45) is 0.708. The average Bonchev–Trinajstić information content (AvgIpc) is 2.79. The highest BCUT2D eigenvalue weighted by Gasteiger charge is 2.13. The molecule has 0 spiro atoms. The third kappa shape index (κ3) is 2.54. The van der Waals surface area contributed by atoms with Crippen molar-refractivity contribution in [3.05, 3.63) is 41.6 Å². The third-order valence-electron chi connectivity index (χ3n) is 3.13. The molecule has 1 aromatic carbocycles. The number of aromatic nitrogens is 2. The van der Waals surface area contributed by atoms with Crippen molar-refractivity contribution in [1.29, 1.82) is 0 Å². The minimum atomic E-state index is -0.365. The second-order valence-electron chi connectivity index (χ2n) is 4.45. The maximum Gasteiger partial charge on any atom is 0.224 e. The third-order valence-corrected chi connectivity index (χ3v) is 3.13. The number of rotatable bonds is 4. The van der Waals surface area contributed by atoms with Crippen LogP contribution in [0.1, 0.15) is 28.9 Å². The Morgan fingerprint density at radius 3 is 2.74 bits per heavy atom. The smallest absolute Gasteiger partial charge is 0.224 e. The molecular weight excluding hydrogens is 242 g/mol. The van der Waals surface area contributed by atoms with Gasteiger partial charge < -0.3 is 5.73 Å². The van der Waals surface area contributed by atoms with Gasteiger partial charge in [0.15, 0.2) is 6.29 Å². The van der Waals surface area contributed by atoms with Crippen LogP contribution in [0.4, 0.5) is 0 Å². The number of amides is 1. The quantitative estimate of drug-likeness (QED) is 0.843. The van der Waals surface area contributed by atoms with Gasteiger partial charge in [0.1, 0.15) is 5.69 Å². The van der Waals surface area contributed by atoms with E-state index in [2.05, 4.69) is 5.10 Å². The summed E-state index contributed by atoms with van der Waals surface area (Å²) >= 11 is 0. The highest BCUT2D eigenvalue weighted by Crippen LogP contribution is 2.24. The van der Waals surface area contributed by atoms with Crippen LogP contribution in [0.2, 0.25) is 0 Å². The molecule has 0 bridgehead atoms. The molecule has 0 aliphatic carbocycles. The van der Waals surface area contributed by atoms with Crippen LogP contribution in [-0.2, 0) is 11.8 Å². The molecule has 19 heavy (non-hydrogen) atoms. The van der Waals surface area contributed by atoms with Gasteiger partial charge in [0.2, 0.25) is 5.91 Å². The van der Waals surface area contributed by atoms with Gasteiger partial charge in [0.25, 0.3) is 0 Å². The first-order valence-corrected chi connectivity index (χ1v) is 5.92. The summed E-state index contributed by atoms with van der Waals surface area (Å²) in [5.41, 5.74) is 8.25. The van der Waals surface area contributed by atoms with Crippen molar-refractivity contribution in [2.75, 3.05) is 0 Å². The van der Waals surface area contributed by atoms with Crippen molar-refractivity contribution >= 4 is 12.2 Å². The zero-order valence-electron chi connectivity index (χ0n) is 10.8. The largest absolute Gasteiger partial charge is 0.369 e. The van der Waals surface area contributed by atoms with Crippen molar-refractivity contribution < 1.29 is 9.59 Å². The van der Waals surface area contributed by atoms with Crippen LogP contribution in [-0.4, -0.2) is 22.0 Å². The van der Waals surface area contributed by atoms with Gasteiger partial charge in [-0.2, -0.15) is 5.10 Å². The topological polar surface area (TPSA) is 78.0 Å². The molecular formula is C14H15N3O2. The fraction of sp³-hybridized carbons (Fsp3) is 0.214. The Morgan fingerprint density at radius 1 is 1.42 bits per heavy atom. The molecule has 98 valence electrons. The molecule has 1 atom stereocenters. The minimum absolute atomic E-state index is 0.348. The molecule has 1 aromatic heterocycles. The van der Waals surface area contributed by atoms with E-state index in [4.69, 9.17) is 5.73 Å². The van der Waals surface area contributed by atoms with Crippen molar-refractivity contribution in [3.8, 4) is 11.3 Å². The van der Waals surface area contributed by atoms with Gasteiger partial charge in [-0.1, -0.05) is 18.2 Å². The Morgan fingerprint density at radius 2 is 2.16 bits per heavy atom. The maximum absolute atomic E-state index is 11.2. The Hall–Kier alpha value is -2.43. The van der Waals surface area contributed by atoms with Gasteiger partial charge in [-0.25, -0.2) is 0 Å². The maximum atomic E-state index is 11.2. The Balaban J connectivity index is 2.45. The zero-order chi connectivity index (χ0) is 14.0. The van der Waals surface area contributed by atoms with E-state index in [0.717, 1.165) is 16.8 Å². The van der Waals surface area contributed by atoms with E-state index in [1.807, 2.05) is 24.3 Å². The summed E-state index contributed by atoms with van der Waals surface area (Å²) in [7, 11) is 1.77. The molecule has 1 unspecified atom stereocenters. The summed E-state index contributed by atoms with van der Waals surface area (Å²) in [6.45, 7) is 1.77. The number of nitrogens with two attached hydrogens (primary N) is 1. The monoisotopic (exact) mass is 257 g/mol. The van der Waals surface area contributed by atoms with Crippen LogP contribution in [0.25, 0.3) is 11.3 Å². The Labute approximate surface area is 111 Å². The lowest BCUT2D eigenvalue weighted by Crippen LogP contribution is -2.18. The van der Waals surface area contributed by atoms with E-state index in [9.17, 15) is 9.59 Å². The summed E-state index contributed by atoms with van der Waals surface area (Å²) in [5, 5.41) is 4.07. The molecule has 2 N–H and O–H groups in total. The number of carbonyl (C=O) groups is 2. The highest BCUT2D eigenvalue weighted by atomic mass is 16.1. The molecule has 0 fully saturated rings. The summed E-state index contributed by atoms with van der Waals surface area (Å²) < 4.78 is 1.64. The first kappa shape index (κ1) is 13.0. The van der Waals surface area contributed by atoms with E-state index >= 15 is 0 Å². The average molecular weight is 257 g/mol.